The van der Waals surface area contributed by atoms with Gasteiger partial charge in [-0.2, -0.15) is 0 Å². The molecule has 0 spiro atoms. The Balaban J connectivity index is 1.87. The van der Waals surface area contributed by atoms with Crippen LogP contribution >= 0.6 is 0 Å². The number of hydrogen-bond donors (Lipinski definition) is 1. The number of para-hydroxylation sites is 2. The summed E-state index contributed by atoms with van der Waals surface area (Å²) in [4.78, 5) is 4.66. The fourth-order valence-corrected chi connectivity index (χ4v) is 2.49. The summed E-state index contributed by atoms with van der Waals surface area (Å²) in [5.74, 6) is 1.85. The Kier molecular flexibility index (Phi) is 3.52. The molecule has 0 aliphatic heterocycles. The average molecular weight is 281 g/mol. The van der Waals surface area contributed by atoms with E-state index >= 15 is 0 Å². The molecule has 0 aliphatic carbocycles. The number of aryl methyl sites for hydroxylation is 2. The second kappa shape index (κ2) is 5.48. The molecule has 0 bridgehead atoms. The van der Waals surface area contributed by atoms with Gasteiger partial charge in [0, 0.05) is 7.05 Å². The summed E-state index contributed by atoms with van der Waals surface area (Å²) in [6, 6.07) is 14.3. The number of methoxy groups -OCH3 is 1. The Morgan fingerprint density at radius 3 is 2.76 bits per heavy atom. The summed E-state index contributed by atoms with van der Waals surface area (Å²) >= 11 is 0. The lowest BCUT2D eigenvalue weighted by Crippen LogP contribution is -2.07. The zero-order valence-electron chi connectivity index (χ0n) is 12.6. The lowest BCUT2D eigenvalue weighted by molar-refractivity contribution is 0.416. The maximum Gasteiger partial charge on any atom is 0.141 e. The minimum absolute atomic E-state index is 0.658. The highest BCUT2D eigenvalue weighted by Gasteiger charge is 2.08. The first-order chi connectivity index (χ1) is 10.2. The Bertz CT molecular complexity index is 777. The molecular weight excluding hydrogens is 262 g/mol. The van der Waals surface area contributed by atoms with Gasteiger partial charge < -0.3 is 14.6 Å². The molecule has 3 aromatic rings. The van der Waals surface area contributed by atoms with E-state index in [1.54, 1.807) is 7.11 Å². The molecule has 108 valence electrons. The normalized spacial score (nSPS) is 10.8. The van der Waals surface area contributed by atoms with Crippen LogP contribution in [-0.4, -0.2) is 16.7 Å². The highest BCUT2D eigenvalue weighted by Crippen LogP contribution is 2.26. The topological polar surface area (TPSA) is 39.1 Å². The monoisotopic (exact) mass is 281 g/mol. The van der Waals surface area contributed by atoms with E-state index in [2.05, 4.69) is 33.9 Å². The van der Waals surface area contributed by atoms with Gasteiger partial charge in [0.25, 0.3) is 0 Å². The van der Waals surface area contributed by atoms with Crippen LogP contribution in [0.15, 0.2) is 42.5 Å². The second-order valence-electron chi connectivity index (χ2n) is 5.13. The van der Waals surface area contributed by atoms with Crippen molar-refractivity contribution in [1.82, 2.24) is 9.55 Å². The number of aromatic nitrogens is 2. The molecule has 21 heavy (non-hydrogen) atoms. The predicted molar refractivity (Wildman–Crippen MR) is 85.8 cm³/mol. The summed E-state index contributed by atoms with van der Waals surface area (Å²) < 4.78 is 7.50. The molecule has 1 N–H and O–H groups in total. The third-order valence-corrected chi connectivity index (χ3v) is 3.67. The Morgan fingerprint density at radius 1 is 1.19 bits per heavy atom. The minimum Gasteiger partial charge on any atom is -0.495 e. The minimum atomic E-state index is 0.658. The number of ether oxygens (including phenoxy) is 1. The van der Waals surface area contributed by atoms with Crippen LogP contribution < -0.4 is 10.1 Å². The molecule has 4 heteroatoms. The van der Waals surface area contributed by atoms with E-state index < -0.39 is 0 Å². The van der Waals surface area contributed by atoms with E-state index in [1.807, 2.05) is 37.4 Å². The summed E-state index contributed by atoms with van der Waals surface area (Å²) in [6.45, 7) is 2.73. The molecule has 0 unspecified atom stereocenters. The van der Waals surface area contributed by atoms with Gasteiger partial charge in [-0.1, -0.05) is 18.2 Å². The van der Waals surface area contributed by atoms with Crippen LogP contribution in [0.2, 0.25) is 0 Å². The Morgan fingerprint density at radius 2 is 2.00 bits per heavy atom. The van der Waals surface area contributed by atoms with Gasteiger partial charge in [-0.15, -0.1) is 0 Å². The number of fused-ring (bicyclic) bond motifs is 1. The van der Waals surface area contributed by atoms with Crippen LogP contribution in [0.3, 0.4) is 0 Å². The maximum atomic E-state index is 5.39. The molecule has 0 atom stereocenters. The van der Waals surface area contributed by atoms with E-state index in [9.17, 15) is 0 Å². The van der Waals surface area contributed by atoms with Crippen molar-refractivity contribution in [3.8, 4) is 5.75 Å². The number of hydrogen-bond acceptors (Lipinski definition) is 3. The first kappa shape index (κ1) is 13.5. The molecule has 0 aliphatic rings. The van der Waals surface area contributed by atoms with Crippen molar-refractivity contribution in [3.63, 3.8) is 0 Å². The van der Waals surface area contributed by atoms with Crippen molar-refractivity contribution < 1.29 is 4.74 Å². The number of imidazole rings is 1. The molecule has 4 nitrogen and oxygen atoms in total. The maximum absolute atomic E-state index is 5.39. The van der Waals surface area contributed by atoms with Gasteiger partial charge in [0.2, 0.25) is 0 Å². The number of nitrogens with one attached hydrogen (secondary N) is 1. The smallest absolute Gasteiger partial charge is 0.141 e. The summed E-state index contributed by atoms with van der Waals surface area (Å²) in [6.07, 6.45) is 0. The van der Waals surface area contributed by atoms with E-state index in [4.69, 9.17) is 4.74 Å². The molecule has 0 amide bonds. The molecule has 0 radical (unpaired) electrons. The summed E-state index contributed by atoms with van der Waals surface area (Å²) in [5, 5.41) is 3.41. The zero-order valence-corrected chi connectivity index (χ0v) is 12.6. The van der Waals surface area contributed by atoms with E-state index in [1.165, 1.54) is 5.56 Å². The van der Waals surface area contributed by atoms with E-state index in [0.717, 1.165) is 28.3 Å². The summed E-state index contributed by atoms with van der Waals surface area (Å²) in [5.41, 5.74) is 4.35. The van der Waals surface area contributed by atoms with Crippen LogP contribution in [-0.2, 0) is 13.6 Å². The molecule has 2 aromatic carbocycles. The predicted octanol–water partition coefficient (Wildman–Crippen LogP) is 3.50. The largest absolute Gasteiger partial charge is 0.495 e. The molecular formula is C17H19N3O. The van der Waals surface area contributed by atoms with Crippen molar-refractivity contribution in [3.05, 3.63) is 53.9 Å². The lowest BCUT2D eigenvalue weighted by atomic mass is 10.2. The fraction of sp³-hybridized carbons (Fsp3) is 0.235. The van der Waals surface area contributed by atoms with Gasteiger partial charge >= 0.3 is 0 Å². The zero-order chi connectivity index (χ0) is 14.8. The number of benzene rings is 2. The average Bonchev–Trinajstić information content (AvgIpc) is 2.82. The van der Waals surface area contributed by atoms with Crippen LogP contribution in [0.25, 0.3) is 11.0 Å². The highest BCUT2D eigenvalue weighted by molar-refractivity contribution is 5.75. The van der Waals surface area contributed by atoms with Crippen LogP contribution in [0.5, 0.6) is 5.75 Å². The Hall–Kier alpha value is -2.49. The van der Waals surface area contributed by atoms with Crippen molar-refractivity contribution in [2.75, 3.05) is 12.4 Å². The SMILES string of the molecule is COc1ccc(C)cc1NCc1nc2ccccc2n1C. The van der Waals surface area contributed by atoms with Gasteiger partial charge in [0.15, 0.2) is 0 Å². The molecule has 0 saturated heterocycles. The molecule has 1 aromatic heterocycles. The molecule has 3 rings (SSSR count). The standard InChI is InChI=1S/C17H19N3O/c1-12-8-9-16(21-3)14(10-12)18-11-17-19-13-6-4-5-7-15(13)20(17)2/h4-10,18H,11H2,1-3H3. The van der Waals surface area contributed by atoms with Crippen LogP contribution in [0, 0.1) is 6.92 Å². The second-order valence-corrected chi connectivity index (χ2v) is 5.13. The van der Waals surface area contributed by atoms with E-state index in [0.29, 0.717) is 6.54 Å². The third kappa shape index (κ3) is 2.57. The quantitative estimate of drug-likeness (QED) is 0.795. The lowest BCUT2D eigenvalue weighted by Gasteiger charge is -2.12. The van der Waals surface area contributed by atoms with Crippen molar-refractivity contribution in [2.45, 2.75) is 13.5 Å². The van der Waals surface area contributed by atoms with Gasteiger partial charge in [0.05, 0.1) is 30.4 Å². The third-order valence-electron chi connectivity index (χ3n) is 3.67. The van der Waals surface area contributed by atoms with Crippen molar-refractivity contribution in [1.29, 1.82) is 0 Å². The van der Waals surface area contributed by atoms with Gasteiger partial charge in [0.1, 0.15) is 11.6 Å². The first-order valence-electron chi connectivity index (χ1n) is 6.98. The molecule has 0 fully saturated rings. The Labute approximate surface area is 124 Å². The number of rotatable bonds is 4. The van der Waals surface area contributed by atoms with Crippen molar-refractivity contribution >= 4 is 16.7 Å². The fourth-order valence-electron chi connectivity index (χ4n) is 2.49. The molecule has 0 saturated carbocycles. The number of nitrogens with zero attached hydrogens (tertiary/aromatic N) is 2. The van der Waals surface area contributed by atoms with Crippen molar-refractivity contribution in [2.24, 2.45) is 7.05 Å². The van der Waals surface area contributed by atoms with E-state index in [-0.39, 0.29) is 0 Å². The first-order valence-corrected chi connectivity index (χ1v) is 6.98. The van der Waals surface area contributed by atoms with Gasteiger partial charge in [-0.3, -0.25) is 0 Å². The van der Waals surface area contributed by atoms with Crippen LogP contribution in [0.1, 0.15) is 11.4 Å². The number of anilines is 1. The van der Waals surface area contributed by atoms with Gasteiger partial charge in [-0.05, 0) is 36.8 Å². The van der Waals surface area contributed by atoms with Gasteiger partial charge in [-0.25, -0.2) is 4.98 Å². The summed E-state index contributed by atoms with van der Waals surface area (Å²) in [7, 11) is 3.73. The highest BCUT2D eigenvalue weighted by atomic mass is 16.5. The van der Waals surface area contributed by atoms with Crippen LogP contribution in [0.4, 0.5) is 5.69 Å². The molecule has 1 heterocycles.